The van der Waals surface area contributed by atoms with Gasteiger partial charge in [0, 0.05) is 5.56 Å². The van der Waals surface area contributed by atoms with Crippen LogP contribution in [-0.2, 0) is 10.0 Å². The van der Waals surface area contributed by atoms with Crippen molar-refractivity contribution in [1.29, 1.82) is 0 Å². The van der Waals surface area contributed by atoms with Gasteiger partial charge in [-0.3, -0.25) is 0 Å². The Morgan fingerprint density at radius 1 is 1.33 bits per heavy atom. The van der Waals surface area contributed by atoms with Gasteiger partial charge in [0.05, 0.1) is 6.26 Å². The van der Waals surface area contributed by atoms with Gasteiger partial charge in [0.15, 0.2) is 0 Å². The standard InChI is InChI=1S/C9H8O.CH5NO2S/c1-2-6-9-8(4-1)5-3-7-10-9;1-5(2,3)4/h1-6H,7H2;1H3,(H2,2,3,4). The third-order valence-corrected chi connectivity index (χ3v) is 1.55. The number of hydrogen-bond acceptors (Lipinski definition) is 3. The van der Waals surface area contributed by atoms with Gasteiger partial charge >= 0.3 is 0 Å². The molecule has 5 heteroatoms. The van der Waals surface area contributed by atoms with Crippen molar-refractivity contribution in [3.63, 3.8) is 0 Å². The number of ether oxygens (including phenoxy) is 1. The molecule has 2 N–H and O–H groups in total. The first kappa shape index (κ1) is 11.7. The number of benzene rings is 1. The number of sulfonamides is 1. The van der Waals surface area contributed by atoms with Crippen LogP contribution in [0.2, 0.25) is 0 Å². The number of para-hydroxylation sites is 1. The lowest BCUT2D eigenvalue weighted by atomic mass is 10.1. The van der Waals surface area contributed by atoms with Crippen molar-refractivity contribution in [3.8, 4) is 5.75 Å². The first-order chi connectivity index (χ1) is 6.97. The van der Waals surface area contributed by atoms with E-state index in [0.717, 1.165) is 12.0 Å². The number of primary sulfonamides is 1. The molecule has 1 heterocycles. The quantitative estimate of drug-likeness (QED) is 0.718. The van der Waals surface area contributed by atoms with Gasteiger partial charge in [-0.1, -0.05) is 24.3 Å². The van der Waals surface area contributed by atoms with Crippen LogP contribution in [-0.4, -0.2) is 21.3 Å². The molecule has 0 unspecified atom stereocenters. The van der Waals surface area contributed by atoms with Gasteiger partial charge in [-0.2, -0.15) is 0 Å². The highest BCUT2D eigenvalue weighted by molar-refractivity contribution is 7.88. The third kappa shape index (κ3) is 5.19. The predicted octanol–water partition coefficient (Wildman–Crippen LogP) is 0.997. The van der Waals surface area contributed by atoms with Crippen molar-refractivity contribution >= 4 is 16.1 Å². The Morgan fingerprint density at radius 2 is 1.93 bits per heavy atom. The molecule has 0 radical (unpaired) electrons. The molecule has 4 nitrogen and oxygen atoms in total. The maximum absolute atomic E-state index is 9.41. The number of fused-ring (bicyclic) bond motifs is 1. The summed E-state index contributed by atoms with van der Waals surface area (Å²) in [4.78, 5) is 0. The minimum Gasteiger partial charge on any atom is -0.489 e. The van der Waals surface area contributed by atoms with E-state index >= 15 is 0 Å². The lowest BCUT2D eigenvalue weighted by Gasteiger charge is -2.10. The van der Waals surface area contributed by atoms with E-state index in [-0.39, 0.29) is 0 Å². The fraction of sp³-hybridized carbons (Fsp3) is 0.200. The van der Waals surface area contributed by atoms with Gasteiger partial charge in [0.1, 0.15) is 12.4 Å². The van der Waals surface area contributed by atoms with E-state index in [2.05, 4.69) is 11.2 Å². The molecule has 0 bridgehead atoms. The Balaban J connectivity index is 0.000000195. The molecule has 0 saturated carbocycles. The molecule has 0 aromatic heterocycles. The first-order valence-electron chi connectivity index (χ1n) is 4.33. The van der Waals surface area contributed by atoms with Crippen molar-refractivity contribution in [3.05, 3.63) is 35.9 Å². The summed E-state index contributed by atoms with van der Waals surface area (Å²) < 4.78 is 24.2. The van der Waals surface area contributed by atoms with E-state index in [0.29, 0.717) is 6.61 Å². The molecule has 15 heavy (non-hydrogen) atoms. The molecule has 1 aromatic rings. The summed E-state index contributed by atoms with van der Waals surface area (Å²) in [6, 6.07) is 8.03. The topological polar surface area (TPSA) is 69.4 Å². The second-order valence-electron chi connectivity index (χ2n) is 3.08. The Bertz CT molecular complexity index is 443. The van der Waals surface area contributed by atoms with Gasteiger partial charge in [0.25, 0.3) is 0 Å². The molecule has 0 aliphatic carbocycles. The minimum atomic E-state index is -3.17. The van der Waals surface area contributed by atoms with E-state index in [1.54, 1.807) is 0 Å². The first-order valence-corrected chi connectivity index (χ1v) is 6.28. The zero-order chi connectivity index (χ0) is 11.3. The minimum absolute atomic E-state index is 0.705. The highest BCUT2D eigenvalue weighted by atomic mass is 32.2. The van der Waals surface area contributed by atoms with E-state index in [1.165, 1.54) is 5.56 Å². The average Bonchev–Trinajstić information content (AvgIpc) is 2.16. The Hall–Kier alpha value is -1.33. The lowest BCUT2D eigenvalue weighted by molar-refractivity contribution is 0.358. The average molecular weight is 227 g/mol. The normalized spacial score (nSPS) is 13.2. The molecule has 0 saturated heterocycles. The van der Waals surface area contributed by atoms with Crippen molar-refractivity contribution in [2.75, 3.05) is 12.9 Å². The smallest absolute Gasteiger partial charge is 0.206 e. The summed E-state index contributed by atoms with van der Waals surface area (Å²) in [5, 5.41) is 4.33. The summed E-state index contributed by atoms with van der Waals surface area (Å²) >= 11 is 0. The summed E-state index contributed by atoms with van der Waals surface area (Å²) in [6.07, 6.45) is 5.04. The molecule has 1 aliphatic rings. The van der Waals surface area contributed by atoms with Gasteiger partial charge in [0.2, 0.25) is 10.0 Å². The van der Waals surface area contributed by atoms with Crippen molar-refractivity contribution < 1.29 is 13.2 Å². The van der Waals surface area contributed by atoms with Crippen LogP contribution in [0.3, 0.4) is 0 Å². The molecule has 2 rings (SSSR count). The van der Waals surface area contributed by atoms with Gasteiger partial charge < -0.3 is 4.74 Å². The molecular weight excluding hydrogens is 214 g/mol. The van der Waals surface area contributed by atoms with Crippen LogP contribution in [0.1, 0.15) is 5.56 Å². The Labute approximate surface area is 89.4 Å². The van der Waals surface area contributed by atoms with Crippen LogP contribution in [0.5, 0.6) is 5.75 Å². The monoisotopic (exact) mass is 227 g/mol. The Morgan fingerprint density at radius 3 is 2.53 bits per heavy atom. The summed E-state index contributed by atoms with van der Waals surface area (Å²) in [5.41, 5.74) is 1.17. The molecule has 0 atom stereocenters. The zero-order valence-corrected chi connectivity index (χ0v) is 9.20. The van der Waals surface area contributed by atoms with Crippen molar-refractivity contribution in [2.45, 2.75) is 0 Å². The second kappa shape index (κ2) is 4.95. The summed E-state index contributed by atoms with van der Waals surface area (Å²) in [6.45, 7) is 0.705. The van der Waals surface area contributed by atoms with Crippen LogP contribution < -0.4 is 9.88 Å². The van der Waals surface area contributed by atoms with E-state index < -0.39 is 10.0 Å². The molecule has 1 aliphatic heterocycles. The van der Waals surface area contributed by atoms with E-state index in [1.807, 2.05) is 30.3 Å². The van der Waals surface area contributed by atoms with Crippen molar-refractivity contribution in [2.24, 2.45) is 5.14 Å². The molecule has 82 valence electrons. The van der Waals surface area contributed by atoms with Crippen LogP contribution >= 0.6 is 0 Å². The van der Waals surface area contributed by atoms with E-state index in [9.17, 15) is 8.42 Å². The lowest BCUT2D eigenvalue weighted by Crippen LogP contribution is -2.07. The summed E-state index contributed by atoms with van der Waals surface area (Å²) in [7, 11) is -3.17. The molecule has 0 spiro atoms. The fourth-order valence-electron chi connectivity index (χ4n) is 1.06. The van der Waals surface area contributed by atoms with Gasteiger partial charge in [-0.25, -0.2) is 13.6 Å². The van der Waals surface area contributed by atoms with Gasteiger partial charge in [-0.05, 0) is 12.1 Å². The van der Waals surface area contributed by atoms with E-state index in [4.69, 9.17) is 4.74 Å². The predicted molar refractivity (Wildman–Crippen MR) is 60.0 cm³/mol. The van der Waals surface area contributed by atoms with Crippen LogP contribution in [0.25, 0.3) is 6.08 Å². The number of hydrogen-bond donors (Lipinski definition) is 1. The highest BCUT2D eigenvalue weighted by Gasteiger charge is 2.01. The molecular formula is C10H13NO3S. The summed E-state index contributed by atoms with van der Waals surface area (Å²) in [5.74, 6) is 0.991. The molecule has 0 amide bonds. The zero-order valence-electron chi connectivity index (χ0n) is 8.38. The highest BCUT2D eigenvalue weighted by Crippen LogP contribution is 2.21. The van der Waals surface area contributed by atoms with Gasteiger partial charge in [-0.15, -0.1) is 0 Å². The Kier molecular flexibility index (Phi) is 3.88. The fourth-order valence-corrected chi connectivity index (χ4v) is 1.06. The second-order valence-corrected chi connectivity index (χ2v) is 4.74. The SMILES string of the molecule is C1=Cc2ccccc2OC1.CS(N)(=O)=O. The van der Waals surface area contributed by atoms with Crippen molar-refractivity contribution in [1.82, 2.24) is 0 Å². The number of rotatable bonds is 0. The van der Waals surface area contributed by atoms with Crippen LogP contribution in [0, 0.1) is 0 Å². The largest absolute Gasteiger partial charge is 0.489 e. The molecule has 0 fully saturated rings. The van der Waals surface area contributed by atoms with Crippen LogP contribution in [0.15, 0.2) is 30.3 Å². The maximum atomic E-state index is 9.41. The van der Waals surface area contributed by atoms with Crippen LogP contribution in [0.4, 0.5) is 0 Å². The maximum Gasteiger partial charge on any atom is 0.206 e. The molecule has 1 aromatic carbocycles. The third-order valence-electron chi connectivity index (χ3n) is 1.55. The number of nitrogens with two attached hydrogens (primary N) is 1.